The van der Waals surface area contributed by atoms with Gasteiger partial charge in [-0.15, -0.1) is 0 Å². The highest BCUT2D eigenvalue weighted by Crippen LogP contribution is 2.31. The van der Waals surface area contributed by atoms with E-state index < -0.39 is 29.6 Å². The Morgan fingerprint density at radius 2 is 1.83 bits per heavy atom. The first-order valence-electron chi connectivity index (χ1n) is 13.9. The molecule has 0 unspecified atom stereocenters. The van der Waals surface area contributed by atoms with Gasteiger partial charge in [-0.25, -0.2) is 9.59 Å². The number of esters is 1. The molecule has 2 atom stereocenters. The molecule has 1 saturated heterocycles. The van der Waals surface area contributed by atoms with Crippen LogP contribution in [0.2, 0.25) is 0 Å². The van der Waals surface area contributed by atoms with Crippen LogP contribution in [0.5, 0.6) is 0 Å². The van der Waals surface area contributed by atoms with Gasteiger partial charge in [-0.2, -0.15) is 11.8 Å². The Labute approximate surface area is 257 Å². The molecule has 0 spiro atoms. The van der Waals surface area contributed by atoms with Crippen molar-refractivity contribution in [1.29, 1.82) is 0 Å². The molecule has 1 fully saturated rings. The van der Waals surface area contributed by atoms with Gasteiger partial charge in [0.25, 0.3) is 5.91 Å². The summed E-state index contributed by atoms with van der Waals surface area (Å²) in [6, 6.07) is 13.8. The van der Waals surface area contributed by atoms with E-state index >= 15 is 0 Å². The summed E-state index contributed by atoms with van der Waals surface area (Å²) in [7, 11) is 1.30. The summed E-state index contributed by atoms with van der Waals surface area (Å²) in [5, 5.41) is 3.09. The van der Waals surface area contributed by atoms with E-state index in [-0.39, 0.29) is 17.0 Å². The van der Waals surface area contributed by atoms with Crippen LogP contribution in [0.3, 0.4) is 0 Å². The number of nitrogens with one attached hydrogen (secondary N) is 1. The molecule has 1 aliphatic rings. The molecule has 0 radical (unpaired) electrons. The minimum Gasteiger partial charge on any atom is -0.467 e. The predicted octanol–water partition coefficient (Wildman–Crippen LogP) is 5.43. The summed E-state index contributed by atoms with van der Waals surface area (Å²) in [5.74, 6) is -0.236. The molecule has 1 heterocycles. The third-order valence-corrected chi connectivity index (χ3v) is 8.26. The van der Waals surface area contributed by atoms with Crippen LogP contribution in [0.4, 0.5) is 10.5 Å². The minimum absolute atomic E-state index is 0.0788. The molecule has 1 N–H and O–H groups in total. The molecule has 1 aliphatic heterocycles. The van der Waals surface area contributed by atoms with Crippen LogP contribution in [0.1, 0.15) is 50.9 Å². The minimum atomic E-state index is -0.785. The lowest BCUT2D eigenvalue weighted by molar-refractivity contribution is -0.142. The number of carbonyl (C=O) groups excluding carboxylic acids is 4. The van der Waals surface area contributed by atoms with E-state index in [1.54, 1.807) is 41.8 Å². The van der Waals surface area contributed by atoms with Crippen molar-refractivity contribution in [3.63, 3.8) is 0 Å². The molecule has 0 aromatic heterocycles. The number of thioether (sulfide) groups is 2. The first-order valence-corrected chi connectivity index (χ1v) is 16.2. The van der Waals surface area contributed by atoms with Crippen LogP contribution in [0.25, 0.3) is 11.1 Å². The molecule has 11 heteroatoms. The Hall–Kier alpha value is -3.02. The largest absolute Gasteiger partial charge is 0.467 e. The maximum atomic E-state index is 13.6. The number of ether oxygens (including phenoxy) is 2. The zero-order chi connectivity index (χ0) is 30.9. The van der Waals surface area contributed by atoms with E-state index in [9.17, 15) is 19.2 Å². The summed E-state index contributed by atoms with van der Waals surface area (Å²) in [6.45, 7) is 8.69. The SMILES string of the molecule is COC(=O)[C@H](CCSC)NC(=O)c1ccc(N(CN2CC[C@H](SC(C)=O)C2)C(=O)OC(C)(C)C)cc1-c1ccccc1. The summed E-state index contributed by atoms with van der Waals surface area (Å²) >= 11 is 2.91. The van der Waals surface area contributed by atoms with Crippen LogP contribution in [0.15, 0.2) is 48.5 Å². The Kier molecular flexibility index (Phi) is 12.3. The van der Waals surface area contributed by atoms with E-state index in [2.05, 4.69) is 10.2 Å². The topological polar surface area (TPSA) is 105 Å². The molecule has 2 amide bonds. The third kappa shape index (κ3) is 9.78. The number of hydrogen-bond acceptors (Lipinski definition) is 9. The fourth-order valence-corrected chi connectivity index (χ4v) is 6.09. The highest BCUT2D eigenvalue weighted by molar-refractivity contribution is 8.14. The molecule has 2 aromatic rings. The van der Waals surface area contributed by atoms with E-state index in [1.165, 1.54) is 18.9 Å². The monoisotopic (exact) mass is 615 g/mol. The van der Waals surface area contributed by atoms with E-state index in [1.807, 2.05) is 57.4 Å². The van der Waals surface area contributed by atoms with Crippen molar-refractivity contribution in [2.75, 3.05) is 43.8 Å². The number of hydrogen-bond donors (Lipinski definition) is 1. The van der Waals surface area contributed by atoms with Gasteiger partial charge in [-0.3, -0.25) is 19.4 Å². The molecule has 3 rings (SSSR count). The molecule has 9 nitrogen and oxygen atoms in total. The van der Waals surface area contributed by atoms with Crippen molar-refractivity contribution >= 4 is 52.3 Å². The van der Waals surface area contributed by atoms with Crippen LogP contribution in [-0.2, 0) is 19.1 Å². The Morgan fingerprint density at radius 3 is 2.45 bits per heavy atom. The summed E-state index contributed by atoms with van der Waals surface area (Å²) in [5.41, 5.74) is 1.61. The summed E-state index contributed by atoms with van der Waals surface area (Å²) < 4.78 is 10.7. The average Bonchev–Trinajstić information content (AvgIpc) is 3.38. The van der Waals surface area contributed by atoms with Crippen molar-refractivity contribution in [2.45, 2.75) is 57.4 Å². The zero-order valence-electron chi connectivity index (χ0n) is 25.2. The fourth-order valence-electron chi connectivity index (χ4n) is 4.64. The van der Waals surface area contributed by atoms with Crippen molar-refractivity contribution < 1.29 is 28.7 Å². The number of rotatable bonds is 11. The highest BCUT2D eigenvalue weighted by atomic mass is 32.2. The number of carbonyl (C=O) groups is 4. The standard InChI is InChI=1S/C31H41N3O6S2/c1-21(35)42-24-14-16-33(19-24)20-34(30(38)40-31(2,3)4)23-12-13-25(26(18-23)22-10-8-7-9-11-22)28(36)32-27(15-17-41-6)29(37)39-5/h7-13,18,24,27H,14-17,19-20H2,1-6H3,(H,32,36)/t24-,27-/m0/s1. The number of amides is 2. The van der Waals surface area contributed by atoms with Gasteiger partial charge in [0.2, 0.25) is 0 Å². The van der Waals surface area contributed by atoms with Gasteiger partial charge in [-0.1, -0.05) is 42.1 Å². The fraction of sp³-hybridized carbons (Fsp3) is 0.484. The number of nitrogens with zero attached hydrogens (tertiary/aromatic N) is 2. The maximum Gasteiger partial charge on any atom is 0.415 e. The summed E-state index contributed by atoms with van der Waals surface area (Å²) in [4.78, 5) is 54.8. The highest BCUT2D eigenvalue weighted by Gasteiger charge is 2.31. The van der Waals surface area contributed by atoms with Crippen LogP contribution < -0.4 is 10.2 Å². The van der Waals surface area contributed by atoms with Crippen molar-refractivity contribution in [1.82, 2.24) is 10.2 Å². The predicted molar refractivity (Wildman–Crippen MR) is 170 cm³/mol. The second kappa shape index (κ2) is 15.5. The first kappa shape index (κ1) is 33.5. The average molecular weight is 616 g/mol. The number of anilines is 1. The molecule has 0 saturated carbocycles. The lowest BCUT2D eigenvalue weighted by atomic mass is 9.97. The quantitative estimate of drug-likeness (QED) is 0.331. The second-order valence-electron chi connectivity index (χ2n) is 11.1. The van der Waals surface area contributed by atoms with Gasteiger partial charge in [0, 0.05) is 36.5 Å². The molecule has 42 heavy (non-hydrogen) atoms. The van der Waals surface area contributed by atoms with Crippen molar-refractivity contribution in [2.24, 2.45) is 0 Å². The van der Waals surface area contributed by atoms with Gasteiger partial charge in [0.15, 0.2) is 5.12 Å². The Bertz CT molecular complexity index is 1250. The van der Waals surface area contributed by atoms with Gasteiger partial charge in [-0.05, 0) is 74.9 Å². The van der Waals surface area contributed by atoms with Crippen LogP contribution in [-0.4, -0.2) is 83.8 Å². The lowest BCUT2D eigenvalue weighted by Crippen LogP contribution is -2.44. The lowest BCUT2D eigenvalue weighted by Gasteiger charge is -2.31. The second-order valence-corrected chi connectivity index (χ2v) is 13.5. The molecule has 0 aliphatic carbocycles. The molecule has 2 aromatic carbocycles. The summed E-state index contributed by atoms with van der Waals surface area (Å²) in [6.07, 6.45) is 2.70. The van der Waals surface area contributed by atoms with Gasteiger partial charge in [0.05, 0.1) is 13.8 Å². The smallest absolute Gasteiger partial charge is 0.415 e. The third-order valence-electron chi connectivity index (χ3n) is 6.56. The Balaban J connectivity index is 1.99. The molecule has 0 bridgehead atoms. The van der Waals surface area contributed by atoms with Gasteiger partial charge >= 0.3 is 12.1 Å². The molecular formula is C31H41N3O6S2. The molecular weight excluding hydrogens is 574 g/mol. The zero-order valence-corrected chi connectivity index (χ0v) is 26.8. The van der Waals surface area contributed by atoms with Gasteiger partial charge < -0.3 is 14.8 Å². The van der Waals surface area contributed by atoms with Crippen LogP contribution in [0, 0.1) is 0 Å². The van der Waals surface area contributed by atoms with E-state index in [0.29, 0.717) is 35.5 Å². The van der Waals surface area contributed by atoms with Crippen molar-refractivity contribution in [3.05, 3.63) is 54.1 Å². The first-order chi connectivity index (χ1) is 19.9. The Morgan fingerprint density at radius 1 is 1.12 bits per heavy atom. The number of likely N-dealkylation sites (tertiary alicyclic amines) is 1. The maximum absolute atomic E-state index is 13.6. The van der Waals surface area contributed by atoms with Crippen molar-refractivity contribution in [3.8, 4) is 11.1 Å². The molecule has 228 valence electrons. The van der Waals surface area contributed by atoms with Crippen LogP contribution >= 0.6 is 23.5 Å². The number of methoxy groups -OCH3 is 1. The number of benzene rings is 2. The van der Waals surface area contributed by atoms with Gasteiger partial charge in [0.1, 0.15) is 11.6 Å². The van der Waals surface area contributed by atoms with E-state index in [4.69, 9.17) is 9.47 Å². The normalized spacial score (nSPS) is 16.0. The van der Waals surface area contributed by atoms with E-state index in [0.717, 1.165) is 18.5 Å².